The summed E-state index contributed by atoms with van der Waals surface area (Å²) in [6.45, 7) is 10.4. The standard InChI is InChI=1S/C27H29N3O2S/c1-5-15-32-24-13-11-23(12-14-24)30-18(3)16-21(19(30)4)17-25-26(31)29-27(33-25)28-22-9-7-20(6-2)8-10-22/h5,7-14,16-17,27-28H,1,6,15H2,2-4H3,(H,29,31)/b25-17-/t27-/m0/s1. The molecule has 0 bridgehead atoms. The Labute approximate surface area is 199 Å². The van der Waals surface area contributed by atoms with Gasteiger partial charge in [-0.3, -0.25) is 4.79 Å². The summed E-state index contributed by atoms with van der Waals surface area (Å²) in [5.74, 6) is 0.751. The molecule has 170 valence electrons. The van der Waals surface area contributed by atoms with Crippen LogP contribution in [-0.4, -0.2) is 22.6 Å². The molecule has 6 heteroatoms. The van der Waals surface area contributed by atoms with Crippen molar-refractivity contribution in [2.75, 3.05) is 11.9 Å². The molecule has 0 radical (unpaired) electrons. The second kappa shape index (κ2) is 10.0. The van der Waals surface area contributed by atoms with E-state index >= 15 is 0 Å². The first-order valence-corrected chi connectivity index (χ1v) is 11.9. The first-order chi connectivity index (χ1) is 16.0. The average Bonchev–Trinajstić information content (AvgIpc) is 3.30. The van der Waals surface area contributed by atoms with Crippen LogP contribution in [0.3, 0.4) is 0 Å². The van der Waals surface area contributed by atoms with Crippen molar-refractivity contribution in [2.45, 2.75) is 32.7 Å². The molecule has 33 heavy (non-hydrogen) atoms. The quantitative estimate of drug-likeness (QED) is 0.329. The number of aryl methyl sites for hydroxylation is 2. The first-order valence-electron chi connectivity index (χ1n) is 11.1. The van der Waals surface area contributed by atoms with Crippen LogP contribution in [0.25, 0.3) is 11.8 Å². The molecule has 3 aromatic rings. The van der Waals surface area contributed by atoms with E-state index in [1.165, 1.54) is 17.3 Å². The maximum absolute atomic E-state index is 12.6. The van der Waals surface area contributed by atoms with E-state index in [0.717, 1.165) is 40.5 Å². The number of anilines is 1. The third-order valence-corrected chi connectivity index (χ3v) is 6.64. The minimum absolute atomic E-state index is 0.0591. The smallest absolute Gasteiger partial charge is 0.260 e. The molecule has 0 aliphatic carbocycles. The van der Waals surface area contributed by atoms with Gasteiger partial charge >= 0.3 is 0 Å². The van der Waals surface area contributed by atoms with Crippen molar-refractivity contribution in [1.29, 1.82) is 0 Å². The van der Waals surface area contributed by atoms with Crippen LogP contribution in [0.1, 0.15) is 29.4 Å². The summed E-state index contributed by atoms with van der Waals surface area (Å²) >= 11 is 1.50. The highest BCUT2D eigenvalue weighted by atomic mass is 32.2. The summed E-state index contributed by atoms with van der Waals surface area (Å²) in [6.07, 6.45) is 4.71. The van der Waals surface area contributed by atoms with Crippen LogP contribution < -0.4 is 15.4 Å². The fourth-order valence-electron chi connectivity index (χ4n) is 3.87. The summed E-state index contributed by atoms with van der Waals surface area (Å²) in [5.41, 5.74) is 6.36. The van der Waals surface area contributed by atoms with E-state index in [4.69, 9.17) is 4.74 Å². The molecule has 0 spiro atoms. The number of nitrogens with zero attached hydrogens (tertiary/aromatic N) is 1. The maximum atomic E-state index is 12.6. The van der Waals surface area contributed by atoms with Crippen molar-refractivity contribution in [3.63, 3.8) is 0 Å². The third kappa shape index (κ3) is 5.17. The van der Waals surface area contributed by atoms with E-state index in [0.29, 0.717) is 11.5 Å². The van der Waals surface area contributed by atoms with Gasteiger partial charge in [-0.25, -0.2) is 0 Å². The molecule has 1 aliphatic heterocycles. The molecule has 1 saturated heterocycles. The zero-order chi connectivity index (χ0) is 23.4. The van der Waals surface area contributed by atoms with Gasteiger partial charge in [-0.1, -0.05) is 43.5 Å². The molecule has 1 aliphatic rings. The largest absolute Gasteiger partial charge is 0.490 e. The second-order valence-electron chi connectivity index (χ2n) is 7.93. The summed E-state index contributed by atoms with van der Waals surface area (Å²) in [7, 11) is 0. The molecule has 2 heterocycles. The highest BCUT2D eigenvalue weighted by Gasteiger charge is 2.27. The topological polar surface area (TPSA) is 55.3 Å². The van der Waals surface area contributed by atoms with Crippen LogP contribution >= 0.6 is 11.8 Å². The van der Waals surface area contributed by atoms with Gasteiger partial charge in [0.25, 0.3) is 5.91 Å². The summed E-state index contributed by atoms with van der Waals surface area (Å²) in [5, 5.41) is 6.40. The Morgan fingerprint density at radius 3 is 2.55 bits per heavy atom. The highest BCUT2D eigenvalue weighted by Crippen LogP contribution is 2.32. The molecule has 0 unspecified atom stereocenters. The number of rotatable bonds is 8. The molecule has 1 fully saturated rings. The molecular weight excluding hydrogens is 430 g/mol. The Kier molecular flexibility index (Phi) is 6.94. The normalized spacial score (nSPS) is 16.6. The molecule has 0 saturated carbocycles. The minimum Gasteiger partial charge on any atom is -0.490 e. The van der Waals surface area contributed by atoms with Crippen LogP contribution in [0.2, 0.25) is 0 Å². The molecule has 1 amide bonds. The van der Waals surface area contributed by atoms with Crippen LogP contribution in [0.15, 0.2) is 72.2 Å². The van der Waals surface area contributed by atoms with Gasteiger partial charge in [0, 0.05) is 22.8 Å². The van der Waals surface area contributed by atoms with Gasteiger partial charge in [0.1, 0.15) is 12.4 Å². The van der Waals surface area contributed by atoms with Gasteiger partial charge in [0.05, 0.1) is 4.91 Å². The van der Waals surface area contributed by atoms with Gasteiger partial charge in [-0.15, -0.1) is 0 Å². The van der Waals surface area contributed by atoms with E-state index in [1.807, 2.05) is 30.3 Å². The third-order valence-electron chi connectivity index (χ3n) is 5.61. The summed E-state index contributed by atoms with van der Waals surface area (Å²) < 4.78 is 7.77. The number of carbonyl (C=O) groups is 1. The fraction of sp³-hybridized carbons (Fsp3) is 0.222. The highest BCUT2D eigenvalue weighted by molar-refractivity contribution is 8.05. The van der Waals surface area contributed by atoms with Crippen molar-refractivity contribution in [1.82, 2.24) is 9.88 Å². The monoisotopic (exact) mass is 459 g/mol. The van der Waals surface area contributed by atoms with Crippen molar-refractivity contribution in [2.24, 2.45) is 0 Å². The predicted molar refractivity (Wildman–Crippen MR) is 138 cm³/mol. The number of ether oxygens (including phenoxy) is 1. The minimum atomic E-state index is -0.192. The van der Waals surface area contributed by atoms with E-state index in [1.54, 1.807) is 6.08 Å². The van der Waals surface area contributed by atoms with Gasteiger partial charge in [0.15, 0.2) is 5.50 Å². The number of carbonyl (C=O) groups excluding carboxylic acids is 1. The van der Waals surface area contributed by atoms with Crippen molar-refractivity contribution in [3.05, 3.63) is 94.7 Å². The van der Waals surface area contributed by atoms with Gasteiger partial charge in [-0.2, -0.15) is 0 Å². The number of aromatic nitrogens is 1. The fourth-order valence-corrected chi connectivity index (χ4v) is 4.85. The van der Waals surface area contributed by atoms with Crippen LogP contribution in [0.5, 0.6) is 5.75 Å². The summed E-state index contributed by atoms with van der Waals surface area (Å²) in [6, 6.07) is 18.4. The zero-order valence-corrected chi connectivity index (χ0v) is 20.0. The Hall–Kier alpha value is -3.38. The van der Waals surface area contributed by atoms with Crippen molar-refractivity contribution >= 4 is 29.4 Å². The lowest BCUT2D eigenvalue weighted by atomic mass is 10.1. The maximum Gasteiger partial charge on any atom is 0.260 e. The number of nitrogens with one attached hydrogen (secondary N) is 2. The second-order valence-corrected chi connectivity index (χ2v) is 9.08. The lowest BCUT2D eigenvalue weighted by Crippen LogP contribution is -2.30. The van der Waals surface area contributed by atoms with Crippen LogP contribution in [0.4, 0.5) is 5.69 Å². The SMILES string of the molecule is C=CCOc1ccc(-n2c(C)cc(/C=C3\S[C@@H](Nc4ccc(CC)cc4)NC3=O)c2C)cc1. The van der Waals surface area contributed by atoms with Gasteiger partial charge in [0.2, 0.25) is 0 Å². The van der Waals surface area contributed by atoms with Crippen molar-refractivity contribution in [3.8, 4) is 11.4 Å². The molecule has 2 N–H and O–H groups in total. The molecular formula is C27H29N3O2S. The number of thioether (sulfide) groups is 1. The lowest BCUT2D eigenvalue weighted by molar-refractivity contribution is -0.116. The van der Waals surface area contributed by atoms with Crippen molar-refractivity contribution < 1.29 is 9.53 Å². The Morgan fingerprint density at radius 2 is 1.88 bits per heavy atom. The average molecular weight is 460 g/mol. The van der Waals surface area contributed by atoms with E-state index in [-0.39, 0.29) is 11.4 Å². The number of hydrogen-bond donors (Lipinski definition) is 2. The van der Waals surface area contributed by atoms with Gasteiger partial charge < -0.3 is 19.9 Å². The Bertz CT molecular complexity index is 1180. The molecule has 4 rings (SSSR count). The molecule has 1 atom stereocenters. The number of amides is 1. The van der Waals surface area contributed by atoms with Crippen LogP contribution in [-0.2, 0) is 11.2 Å². The molecule has 1 aromatic heterocycles. The van der Waals surface area contributed by atoms with Gasteiger partial charge in [-0.05, 0) is 79.9 Å². The van der Waals surface area contributed by atoms with E-state index in [2.05, 4.69) is 72.9 Å². The first kappa shape index (κ1) is 22.8. The van der Waals surface area contributed by atoms with Crippen LogP contribution in [0, 0.1) is 13.8 Å². The van der Waals surface area contributed by atoms with E-state index in [9.17, 15) is 4.79 Å². The Morgan fingerprint density at radius 1 is 1.15 bits per heavy atom. The number of hydrogen-bond acceptors (Lipinski definition) is 4. The molecule has 5 nitrogen and oxygen atoms in total. The lowest BCUT2D eigenvalue weighted by Gasteiger charge is -2.12. The molecule has 2 aromatic carbocycles. The number of benzene rings is 2. The Balaban J connectivity index is 1.50. The predicted octanol–water partition coefficient (Wildman–Crippen LogP) is 5.82. The summed E-state index contributed by atoms with van der Waals surface area (Å²) in [4.78, 5) is 13.3. The van der Waals surface area contributed by atoms with E-state index < -0.39 is 0 Å². The zero-order valence-electron chi connectivity index (χ0n) is 19.2.